The van der Waals surface area contributed by atoms with E-state index in [1.807, 2.05) is 44.0 Å². The summed E-state index contributed by atoms with van der Waals surface area (Å²) in [6.45, 7) is 5.11. The molecular formula is C13H18N2O2. The number of carboxylic acids is 1. The summed E-state index contributed by atoms with van der Waals surface area (Å²) in [7, 11) is 1.95. The molecule has 1 rings (SSSR count). The van der Waals surface area contributed by atoms with E-state index >= 15 is 0 Å². The van der Waals surface area contributed by atoms with E-state index < -0.39 is 5.97 Å². The molecule has 0 saturated carbocycles. The van der Waals surface area contributed by atoms with Crippen molar-refractivity contribution < 1.29 is 9.90 Å². The summed E-state index contributed by atoms with van der Waals surface area (Å²) in [5.41, 5.74) is 2.82. The molecule has 17 heavy (non-hydrogen) atoms. The normalized spacial score (nSPS) is 11.9. The van der Waals surface area contributed by atoms with Gasteiger partial charge in [-0.2, -0.15) is 0 Å². The van der Waals surface area contributed by atoms with E-state index in [1.54, 1.807) is 0 Å². The van der Waals surface area contributed by atoms with Crippen LogP contribution in [0, 0.1) is 6.92 Å². The molecule has 0 atom stereocenters. The maximum Gasteiger partial charge on any atom is 0.328 e. The van der Waals surface area contributed by atoms with E-state index in [-0.39, 0.29) is 0 Å². The van der Waals surface area contributed by atoms with Crippen LogP contribution in [-0.2, 0) is 11.3 Å². The minimum atomic E-state index is -0.899. The SMILES string of the molecule is CC(=CC(=O)O)CN(C)Cc1cccc(C)n1. The number of rotatable bonds is 5. The van der Waals surface area contributed by atoms with Crippen molar-refractivity contribution in [3.8, 4) is 0 Å². The summed E-state index contributed by atoms with van der Waals surface area (Å²) in [4.78, 5) is 16.9. The molecule has 92 valence electrons. The summed E-state index contributed by atoms with van der Waals surface area (Å²) in [5.74, 6) is -0.899. The van der Waals surface area contributed by atoms with E-state index in [0.29, 0.717) is 13.1 Å². The van der Waals surface area contributed by atoms with Crippen molar-refractivity contribution in [1.82, 2.24) is 9.88 Å². The smallest absolute Gasteiger partial charge is 0.328 e. The van der Waals surface area contributed by atoms with Crippen molar-refractivity contribution in [2.24, 2.45) is 0 Å². The van der Waals surface area contributed by atoms with Gasteiger partial charge >= 0.3 is 5.97 Å². The Morgan fingerprint density at radius 1 is 1.53 bits per heavy atom. The molecule has 1 heterocycles. The van der Waals surface area contributed by atoms with Gasteiger partial charge in [0, 0.05) is 24.9 Å². The Hall–Kier alpha value is -1.68. The van der Waals surface area contributed by atoms with Crippen LogP contribution in [0.1, 0.15) is 18.3 Å². The first-order valence-corrected chi connectivity index (χ1v) is 5.48. The summed E-state index contributed by atoms with van der Waals surface area (Å²) in [6, 6.07) is 5.91. The third-order valence-electron chi connectivity index (χ3n) is 2.27. The molecule has 0 aliphatic rings. The molecule has 0 radical (unpaired) electrons. The lowest BCUT2D eigenvalue weighted by Gasteiger charge is -2.16. The molecule has 1 N–H and O–H groups in total. The zero-order valence-corrected chi connectivity index (χ0v) is 10.5. The van der Waals surface area contributed by atoms with Crippen molar-refractivity contribution >= 4 is 5.97 Å². The van der Waals surface area contributed by atoms with Crippen molar-refractivity contribution in [2.75, 3.05) is 13.6 Å². The fourth-order valence-electron chi connectivity index (χ4n) is 1.70. The standard InChI is InChI=1S/C13H18N2O2/c1-10(7-13(16)17)8-15(3)9-12-6-4-5-11(2)14-12/h4-7H,8-9H2,1-3H3,(H,16,17). The Morgan fingerprint density at radius 2 is 2.24 bits per heavy atom. The number of aromatic nitrogens is 1. The van der Waals surface area contributed by atoms with Crippen LogP contribution in [0.3, 0.4) is 0 Å². The number of likely N-dealkylation sites (N-methyl/N-ethyl adjacent to an activating group) is 1. The number of hydrogen-bond acceptors (Lipinski definition) is 3. The number of hydrogen-bond donors (Lipinski definition) is 1. The van der Waals surface area contributed by atoms with Crippen LogP contribution in [0.5, 0.6) is 0 Å². The van der Waals surface area contributed by atoms with Gasteiger partial charge in [-0.15, -0.1) is 0 Å². The third kappa shape index (κ3) is 5.26. The molecule has 0 aliphatic carbocycles. The fraction of sp³-hybridized carbons (Fsp3) is 0.385. The molecule has 0 bridgehead atoms. The van der Waals surface area contributed by atoms with E-state index in [2.05, 4.69) is 4.98 Å². The zero-order valence-electron chi connectivity index (χ0n) is 10.5. The number of carboxylic acid groups (broad SMARTS) is 1. The van der Waals surface area contributed by atoms with E-state index in [9.17, 15) is 4.79 Å². The number of carbonyl (C=O) groups is 1. The zero-order chi connectivity index (χ0) is 12.8. The Labute approximate surface area is 102 Å². The van der Waals surface area contributed by atoms with E-state index in [1.165, 1.54) is 6.08 Å². The topological polar surface area (TPSA) is 53.4 Å². The number of aliphatic carboxylic acids is 1. The van der Waals surface area contributed by atoms with Gasteiger partial charge in [0.1, 0.15) is 0 Å². The number of pyridine rings is 1. The van der Waals surface area contributed by atoms with Crippen LogP contribution in [0.4, 0.5) is 0 Å². The third-order valence-corrected chi connectivity index (χ3v) is 2.27. The summed E-state index contributed by atoms with van der Waals surface area (Å²) in [6.07, 6.45) is 1.24. The predicted octanol–water partition coefficient (Wildman–Crippen LogP) is 1.85. The highest BCUT2D eigenvalue weighted by Crippen LogP contribution is 2.04. The van der Waals surface area contributed by atoms with Gasteiger partial charge in [-0.1, -0.05) is 11.6 Å². The molecule has 0 aliphatic heterocycles. The van der Waals surface area contributed by atoms with Crippen LogP contribution in [-0.4, -0.2) is 34.6 Å². The lowest BCUT2D eigenvalue weighted by molar-refractivity contribution is -0.131. The molecule has 0 amide bonds. The average molecular weight is 234 g/mol. The molecule has 0 saturated heterocycles. The van der Waals surface area contributed by atoms with Gasteiger partial charge in [0.2, 0.25) is 0 Å². The van der Waals surface area contributed by atoms with Crippen molar-refractivity contribution in [3.63, 3.8) is 0 Å². The molecule has 1 aromatic heterocycles. The van der Waals surface area contributed by atoms with Crippen molar-refractivity contribution in [2.45, 2.75) is 20.4 Å². The van der Waals surface area contributed by atoms with Gasteiger partial charge in [-0.25, -0.2) is 4.79 Å². The second-order valence-corrected chi connectivity index (χ2v) is 4.27. The first-order valence-electron chi connectivity index (χ1n) is 5.48. The van der Waals surface area contributed by atoms with Gasteiger partial charge in [-0.3, -0.25) is 9.88 Å². The minimum Gasteiger partial charge on any atom is -0.478 e. The minimum absolute atomic E-state index is 0.627. The Bertz CT molecular complexity index is 427. The van der Waals surface area contributed by atoms with Crippen LogP contribution >= 0.6 is 0 Å². The molecule has 0 spiro atoms. The van der Waals surface area contributed by atoms with Crippen LogP contribution in [0.25, 0.3) is 0 Å². The monoisotopic (exact) mass is 234 g/mol. The average Bonchev–Trinajstić information content (AvgIpc) is 2.14. The van der Waals surface area contributed by atoms with E-state index in [0.717, 1.165) is 17.0 Å². The van der Waals surface area contributed by atoms with Gasteiger partial charge in [0.25, 0.3) is 0 Å². The lowest BCUT2D eigenvalue weighted by Crippen LogP contribution is -2.21. The van der Waals surface area contributed by atoms with Crippen LogP contribution in [0.2, 0.25) is 0 Å². The van der Waals surface area contributed by atoms with Crippen molar-refractivity contribution in [1.29, 1.82) is 0 Å². The highest BCUT2D eigenvalue weighted by atomic mass is 16.4. The van der Waals surface area contributed by atoms with Gasteiger partial charge in [0.05, 0.1) is 5.69 Å². The second kappa shape index (κ2) is 6.15. The predicted molar refractivity (Wildman–Crippen MR) is 66.7 cm³/mol. The van der Waals surface area contributed by atoms with Gasteiger partial charge in [-0.05, 0) is 33.0 Å². The van der Waals surface area contributed by atoms with Gasteiger partial charge in [0.15, 0.2) is 0 Å². The molecule has 4 heteroatoms. The lowest BCUT2D eigenvalue weighted by atomic mass is 10.2. The van der Waals surface area contributed by atoms with Crippen LogP contribution in [0.15, 0.2) is 29.8 Å². The molecule has 1 aromatic rings. The van der Waals surface area contributed by atoms with Crippen molar-refractivity contribution in [3.05, 3.63) is 41.2 Å². The largest absolute Gasteiger partial charge is 0.478 e. The van der Waals surface area contributed by atoms with E-state index in [4.69, 9.17) is 5.11 Å². The molecule has 0 aromatic carbocycles. The Morgan fingerprint density at radius 3 is 2.82 bits per heavy atom. The second-order valence-electron chi connectivity index (χ2n) is 4.27. The highest BCUT2D eigenvalue weighted by molar-refractivity contribution is 5.80. The number of nitrogens with zero attached hydrogens (tertiary/aromatic N) is 2. The van der Waals surface area contributed by atoms with Crippen LogP contribution < -0.4 is 0 Å². The summed E-state index contributed by atoms with van der Waals surface area (Å²) < 4.78 is 0. The summed E-state index contributed by atoms with van der Waals surface area (Å²) in [5, 5.41) is 8.62. The van der Waals surface area contributed by atoms with Gasteiger partial charge < -0.3 is 5.11 Å². The molecular weight excluding hydrogens is 216 g/mol. The maximum absolute atomic E-state index is 10.5. The Kier molecular flexibility index (Phi) is 4.84. The molecule has 0 fully saturated rings. The first-order chi connectivity index (χ1) is 7.97. The summed E-state index contributed by atoms with van der Waals surface area (Å²) >= 11 is 0. The maximum atomic E-state index is 10.5. The quantitative estimate of drug-likeness (QED) is 0.790. The highest BCUT2D eigenvalue weighted by Gasteiger charge is 2.03. The first kappa shape index (κ1) is 13.4. The number of aryl methyl sites for hydroxylation is 1. The Balaban J connectivity index is 2.55. The fourth-order valence-corrected chi connectivity index (χ4v) is 1.70. The molecule has 0 unspecified atom stereocenters. The molecule has 4 nitrogen and oxygen atoms in total.